The molecule has 2 atom stereocenters. The van der Waals surface area contributed by atoms with Gasteiger partial charge in [-0.25, -0.2) is 0 Å². The molecule has 2 heterocycles. The molecule has 2 aliphatic heterocycles. The summed E-state index contributed by atoms with van der Waals surface area (Å²) in [5, 5.41) is 3.18. The summed E-state index contributed by atoms with van der Waals surface area (Å²) in [6, 6.07) is 1.24. The molecule has 3 rings (SSSR count). The lowest BCUT2D eigenvalue weighted by atomic mass is 10.0. The maximum absolute atomic E-state index is 12.2. The standard InChI is InChI=1S/C18H31N3O2/c1-14(22)21-12-5-9-17(21)16-8-4-11-20(16)13-10-18(23)19-15-6-2-3-7-15/h15-17H,2-13H2,1H3,(H,19,23). The summed E-state index contributed by atoms with van der Waals surface area (Å²) in [7, 11) is 0. The summed E-state index contributed by atoms with van der Waals surface area (Å²) in [5.41, 5.74) is 0. The Hall–Kier alpha value is -1.10. The van der Waals surface area contributed by atoms with Crippen molar-refractivity contribution in [3.8, 4) is 0 Å². The lowest BCUT2D eigenvalue weighted by Crippen LogP contribution is -2.48. The summed E-state index contributed by atoms with van der Waals surface area (Å²) in [6.45, 7) is 4.51. The van der Waals surface area contributed by atoms with Crippen molar-refractivity contribution in [3.63, 3.8) is 0 Å². The van der Waals surface area contributed by atoms with Gasteiger partial charge in [0.25, 0.3) is 0 Å². The molecule has 5 heteroatoms. The molecule has 1 saturated carbocycles. The number of likely N-dealkylation sites (tertiary alicyclic amines) is 2. The highest BCUT2D eigenvalue weighted by Crippen LogP contribution is 2.30. The molecular weight excluding hydrogens is 290 g/mol. The highest BCUT2D eigenvalue weighted by atomic mass is 16.2. The van der Waals surface area contributed by atoms with E-state index < -0.39 is 0 Å². The van der Waals surface area contributed by atoms with Crippen LogP contribution in [-0.4, -0.2) is 59.4 Å². The van der Waals surface area contributed by atoms with E-state index in [4.69, 9.17) is 0 Å². The molecule has 5 nitrogen and oxygen atoms in total. The average molecular weight is 321 g/mol. The van der Waals surface area contributed by atoms with Crippen LogP contribution in [0.3, 0.4) is 0 Å². The molecule has 2 saturated heterocycles. The van der Waals surface area contributed by atoms with E-state index in [0.29, 0.717) is 24.5 Å². The fourth-order valence-corrected chi connectivity index (χ4v) is 4.76. The van der Waals surface area contributed by atoms with Crippen molar-refractivity contribution < 1.29 is 9.59 Å². The van der Waals surface area contributed by atoms with Gasteiger partial charge in [0.2, 0.25) is 11.8 Å². The van der Waals surface area contributed by atoms with Crippen LogP contribution in [0, 0.1) is 0 Å². The van der Waals surface area contributed by atoms with Gasteiger partial charge in [-0.15, -0.1) is 0 Å². The molecule has 0 aromatic carbocycles. The highest BCUT2D eigenvalue weighted by molar-refractivity contribution is 5.76. The maximum Gasteiger partial charge on any atom is 0.221 e. The van der Waals surface area contributed by atoms with Crippen molar-refractivity contribution in [2.24, 2.45) is 0 Å². The molecule has 2 amide bonds. The molecule has 130 valence electrons. The van der Waals surface area contributed by atoms with Crippen LogP contribution < -0.4 is 5.32 Å². The summed E-state index contributed by atoms with van der Waals surface area (Å²) < 4.78 is 0. The summed E-state index contributed by atoms with van der Waals surface area (Å²) >= 11 is 0. The fraction of sp³-hybridized carbons (Fsp3) is 0.889. The van der Waals surface area contributed by atoms with E-state index in [1.807, 2.05) is 0 Å². The zero-order chi connectivity index (χ0) is 16.2. The average Bonchev–Trinajstić information content (AvgIpc) is 3.25. The van der Waals surface area contributed by atoms with Crippen LogP contribution in [0.1, 0.15) is 64.7 Å². The first-order valence-electron chi connectivity index (χ1n) is 9.46. The number of carbonyl (C=O) groups excluding carboxylic acids is 2. The van der Waals surface area contributed by atoms with Crippen LogP contribution in [0.15, 0.2) is 0 Å². The van der Waals surface area contributed by atoms with Gasteiger partial charge in [0.15, 0.2) is 0 Å². The van der Waals surface area contributed by atoms with E-state index in [0.717, 1.165) is 45.3 Å². The number of carbonyl (C=O) groups is 2. The lowest BCUT2D eigenvalue weighted by molar-refractivity contribution is -0.131. The van der Waals surface area contributed by atoms with Gasteiger partial charge in [-0.3, -0.25) is 14.5 Å². The normalized spacial score (nSPS) is 29.3. The van der Waals surface area contributed by atoms with Crippen molar-refractivity contribution in [2.75, 3.05) is 19.6 Å². The molecule has 2 unspecified atom stereocenters. The van der Waals surface area contributed by atoms with Gasteiger partial charge >= 0.3 is 0 Å². The summed E-state index contributed by atoms with van der Waals surface area (Å²) in [4.78, 5) is 28.5. The third-order valence-corrected chi connectivity index (χ3v) is 5.91. The van der Waals surface area contributed by atoms with E-state index in [1.54, 1.807) is 6.92 Å². The van der Waals surface area contributed by atoms with Crippen LogP contribution in [0.4, 0.5) is 0 Å². The maximum atomic E-state index is 12.2. The molecule has 1 N–H and O–H groups in total. The Morgan fingerprint density at radius 3 is 2.39 bits per heavy atom. The zero-order valence-corrected chi connectivity index (χ0v) is 14.4. The van der Waals surface area contributed by atoms with Gasteiger partial charge in [-0.2, -0.15) is 0 Å². The number of nitrogens with one attached hydrogen (secondary N) is 1. The van der Waals surface area contributed by atoms with E-state index in [9.17, 15) is 9.59 Å². The molecule has 0 bridgehead atoms. The highest BCUT2D eigenvalue weighted by Gasteiger charge is 2.38. The molecule has 23 heavy (non-hydrogen) atoms. The Morgan fingerprint density at radius 1 is 0.957 bits per heavy atom. The van der Waals surface area contributed by atoms with E-state index in [2.05, 4.69) is 15.1 Å². The lowest BCUT2D eigenvalue weighted by Gasteiger charge is -2.34. The molecule has 0 spiro atoms. The Bertz CT molecular complexity index is 434. The SMILES string of the molecule is CC(=O)N1CCCC1C1CCCN1CCC(=O)NC1CCCC1. The molecule has 1 aliphatic carbocycles. The second-order valence-corrected chi connectivity index (χ2v) is 7.47. The predicted octanol–water partition coefficient (Wildman–Crippen LogP) is 1.91. The largest absolute Gasteiger partial charge is 0.353 e. The Balaban J connectivity index is 1.48. The Labute approximate surface area is 139 Å². The predicted molar refractivity (Wildman–Crippen MR) is 90.0 cm³/mol. The first-order valence-corrected chi connectivity index (χ1v) is 9.46. The minimum Gasteiger partial charge on any atom is -0.353 e. The van der Waals surface area contributed by atoms with Crippen molar-refractivity contribution in [1.82, 2.24) is 15.1 Å². The molecule has 0 aromatic heterocycles. The second-order valence-electron chi connectivity index (χ2n) is 7.47. The first kappa shape index (κ1) is 16.7. The van der Waals surface area contributed by atoms with Gasteiger partial charge in [0.1, 0.15) is 0 Å². The number of hydrogen-bond acceptors (Lipinski definition) is 3. The van der Waals surface area contributed by atoms with Crippen LogP contribution in [0.2, 0.25) is 0 Å². The van der Waals surface area contributed by atoms with Crippen LogP contribution in [0.25, 0.3) is 0 Å². The first-order chi connectivity index (χ1) is 11.1. The van der Waals surface area contributed by atoms with Gasteiger partial charge in [-0.1, -0.05) is 12.8 Å². The number of amides is 2. The molecular formula is C18H31N3O2. The van der Waals surface area contributed by atoms with Gasteiger partial charge in [0, 0.05) is 44.6 Å². The van der Waals surface area contributed by atoms with Crippen molar-refractivity contribution in [3.05, 3.63) is 0 Å². The monoisotopic (exact) mass is 321 g/mol. The third-order valence-electron chi connectivity index (χ3n) is 5.91. The number of hydrogen-bond donors (Lipinski definition) is 1. The van der Waals surface area contributed by atoms with Gasteiger partial charge in [-0.05, 0) is 45.1 Å². The van der Waals surface area contributed by atoms with Gasteiger partial charge in [0.05, 0.1) is 0 Å². The Morgan fingerprint density at radius 2 is 1.65 bits per heavy atom. The fourth-order valence-electron chi connectivity index (χ4n) is 4.76. The quantitative estimate of drug-likeness (QED) is 0.841. The van der Waals surface area contributed by atoms with Gasteiger partial charge < -0.3 is 10.2 Å². The Kier molecular flexibility index (Phi) is 5.57. The van der Waals surface area contributed by atoms with E-state index >= 15 is 0 Å². The van der Waals surface area contributed by atoms with Crippen LogP contribution in [0.5, 0.6) is 0 Å². The van der Waals surface area contributed by atoms with Crippen molar-refractivity contribution in [1.29, 1.82) is 0 Å². The summed E-state index contributed by atoms with van der Waals surface area (Å²) in [5.74, 6) is 0.413. The molecule has 0 aromatic rings. The smallest absolute Gasteiger partial charge is 0.221 e. The zero-order valence-electron chi connectivity index (χ0n) is 14.4. The topological polar surface area (TPSA) is 52.7 Å². The van der Waals surface area contributed by atoms with Crippen molar-refractivity contribution in [2.45, 2.75) is 82.8 Å². The van der Waals surface area contributed by atoms with Crippen LogP contribution >= 0.6 is 0 Å². The minimum absolute atomic E-state index is 0.206. The number of rotatable bonds is 5. The molecule has 3 aliphatic rings. The second kappa shape index (κ2) is 7.65. The minimum atomic E-state index is 0.206. The summed E-state index contributed by atoms with van der Waals surface area (Å²) in [6.07, 6.45) is 9.99. The third kappa shape index (κ3) is 4.06. The molecule has 3 fully saturated rings. The number of nitrogens with zero attached hydrogens (tertiary/aromatic N) is 2. The van der Waals surface area contributed by atoms with Crippen molar-refractivity contribution >= 4 is 11.8 Å². The van der Waals surface area contributed by atoms with E-state index in [-0.39, 0.29) is 11.8 Å². The molecule has 0 radical (unpaired) electrons. The van der Waals surface area contributed by atoms with E-state index in [1.165, 1.54) is 25.7 Å². The van der Waals surface area contributed by atoms with Crippen LogP contribution in [-0.2, 0) is 9.59 Å².